The monoisotopic (exact) mass is 262 g/mol. The van der Waals surface area contributed by atoms with Crippen molar-refractivity contribution < 1.29 is 14.6 Å². The second-order valence-electron chi connectivity index (χ2n) is 5.26. The van der Waals surface area contributed by atoms with E-state index in [1.165, 1.54) is 44.8 Å². The van der Waals surface area contributed by atoms with E-state index in [1.807, 2.05) is 12.1 Å². The van der Waals surface area contributed by atoms with Crippen molar-refractivity contribution in [1.29, 1.82) is 0 Å². The second kappa shape index (κ2) is 6.71. The summed E-state index contributed by atoms with van der Waals surface area (Å²) >= 11 is 0. The number of aliphatic hydroxyl groups excluding tert-OH is 1. The summed E-state index contributed by atoms with van der Waals surface area (Å²) in [6.07, 6.45) is 6.50. The standard InChI is InChI=1S/C16H22O3/c1-19-16(18)15(11-17)14-9-7-13(8-10-14)12-5-3-2-4-6-12/h7-10,12,15,17H,2-6,11H2,1H3. The summed E-state index contributed by atoms with van der Waals surface area (Å²) in [6.45, 7) is -0.213. The largest absolute Gasteiger partial charge is 0.468 e. The molecule has 0 aliphatic heterocycles. The first-order valence-corrected chi connectivity index (χ1v) is 7.04. The summed E-state index contributed by atoms with van der Waals surface area (Å²) in [6, 6.07) is 8.08. The molecule has 19 heavy (non-hydrogen) atoms. The minimum Gasteiger partial charge on any atom is -0.468 e. The lowest BCUT2D eigenvalue weighted by atomic mass is 9.83. The Labute approximate surface area is 114 Å². The topological polar surface area (TPSA) is 46.5 Å². The van der Waals surface area contributed by atoms with E-state index in [9.17, 15) is 9.90 Å². The third kappa shape index (κ3) is 3.35. The molecule has 1 aliphatic rings. The molecule has 1 atom stereocenters. The zero-order chi connectivity index (χ0) is 13.7. The molecule has 0 saturated heterocycles. The van der Waals surface area contributed by atoms with Gasteiger partial charge in [0.25, 0.3) is 0 Å². The van der Waals surface area contributed by atoms with Gasteiger partial charge < -0.3 is 9.84 Å². The molecule has 1 N–H and O–H groups in total. The fourth-order valence-corrected chi connectivity index (χ4v) is 2.89. The van der Waals surface area contributed by atoms with Crippen LogP contribution in [0.15, 0.2) is 24.3 Å². The minimum absolute atomic E-state index is 0.213. The third-order valence-electron chi connectivity index (χ3n) is 4.08. The molecule has 0 radical (unpaired) electrons. The molecule has 1 aromatic carbocycles. The highest BCUT2D eigenvalue weighted by Crippen LogP contribution is 2.33. The van der Waals surface area contributed by atoms with Crippen molar-refractivity contribution in [2.75, 3.05) is 13.7 Å². The van der Waals surface area contributed by atoms with E-state index in [-0.39, 0.29) is 12.6 Å². The molecule has 0 heterocycles. The Morgan fingerprint density at radius 3 is 2.42 bits per heavy atom. The molecule has 2 rings (SSSR count). The quantitative estimate of drug-likeness (QED) is 0.848. The highest BCUT2D eigenvalue weighted by atomic mass is 16.5. The van der Waals surface area contributed by atoms with E-state index in [4.69, 9.17) is 4.74 Å². The highest BCUT2D eigenvalue weighted by molar-refractivity contribution is 5.78. The van der Waals surface area contributed by atoms with Crippen LogP contribution in [0.4, 0.5) is 0 Å². The average Bonchev–Trinajstić information content (AvgIpc) is 2.49. The van der Waals surface area contributed by atoms with Crippen LogP contribution in [0.1, 0.15) is 55.1 Å². The van der Waals surface area contributed by atoms with Gasteiger partial charge >= 0.3 is 5.97 Å². The Kier molecular flexibility index (Phi) is 4.97. The maximum atomic E-state index is 11.5. The van der Waals surface area contributed by atoms with Crippen molar-refractivity contribution in [3.05, 3.63) is 35.4 Å². The van der Waals surface area contributed by atoms with Crippen LogP contribution in [0.25, 0.3) is 0 Å². The molecule has 104 valence electrons. The first-order valence-electron chi connectivity index (χ1n) is 7.04. The molecular weight excluding hydrogens is 240 g/mol. The molecule has 3 nitrogen and oxygen atoms in total. The lowest BCUT2D eigenvalue weighted by molar-refractivity contribution is -0.143. The van der Waals surface area contributed by atoms with Crippen LogP contribution >= 0.6 is 0 Å². The van der Waals surface area contributed by atoms with Gasteiger partial charge in [-0.3, -0.25) is 4.79 Å². The molecule has 1 aromatic rings. The lowest BCUT2D eigenvalue weighted by Gasteiger charge is -2.22. The Morgan fingerprint density at radius 1 is 1.26 bits per heavy atom. The summed E-state index contributed by atoms with van der Waals surface area (Å²) < 4.78 is 4.71. The Balaban J connectivity index is 2.10. The third-order valence-corrected chi connectivity index (χ3v) is 4.08. The summed E-state index contributed by atoms with van der Waals surface area (Å²) in [4.78, 5) is 11.5. The second-order valence-corrected chi connectivity index (χ2v) is 5.26. The van der Waals surface area contributed by atoms with Crippen LogP contribution < -0.4 is 0 Å². The van der Waals surface area contributed by atoms with E-state index < -0.39 is 5.92 Å². The first-order chi connectivity index (χ1) is 9.26. The predicted octanol–water partition coefficient (Wildman–Crippen LogP) is 2.98. The summed E-state index contributed by atoms with van der Waals surface area (Å²) in [7, 11) is 1.35. The number of carbonyl (C=O) groups is 1. The number of methoxy groups -OCH3 is 1. The van der Waals surface area contributed by atoms with Gasteiger partial charge in [-0.1, -0.05) is 43.5 Å². The van der Waals surface area contributed by atoms with Crippen LogP contribution in [0.2, 0.25) is 0 Å². The Morgan fingerprint density at radius 2 is 1.89 bits per heavy atom. The molecular formula is C16H22O3. The molecule has 0 bridgehead atoms. The normalized spacial score (nSPS) is 18.0. The van der Waals surface area contributed by atoms with Crippen molar-refractivity contribution in [1.82, 2.24) is 0 Å². The molecule has 1 saturated carbocycles. The van der Waals surface area contributed by atoms with Gasteiger partial charge in [0.2, 0.25) is 0 Å². The van der Waals surface area contributed by atoms with Crippen LogP contribution in [-0.2, 0) is 9.53 Å². The summed E-state index contributed by atoms with van der Waals surface area (Å²) in [5.41, 5.74) is 2.18. The van der Waals surface area contributed by atoms with Gasteiger partial charge in [-0.2, -0.15) is 0 Å². The summed E-state index contributed by atoms with van der Waals surface area (Å²) in [5, 5.41) is 9.30. The maximum absolute atomic E-state index is 11.5. The number of rotatable bonds is 4. The first kappa shape index (κ1) is 14.1. The van der Waals surface area contributed by atoms with E-state index >= 15 is 0 Å². The van der Waals surface area contributed by atoms with Gasteiger partial charge in [-0.15, -0.1) is 0 Å². The fourth-order valence-electron chi connectivity index (χ4n) is 2.89. The van der Waals surface area contributed by atoms with Gasteiger partial charge in [-0.25, -0.2) is 0 Å². The summed E-state index contributed by atoms with van der Waals surface area (Å²) in [5.74, 6) is -0.285. The van der Waals surface area contributed by atoms with Gasteiger partial charge in [0, 0.05) is 0 Å². The van der Waals surface area contributed by atoms with Crippen LogP contribution in [-0.4, -0.2) is 24.8 Å². The van der Waals surface area contributed by atoms with Crippen molar-refractivity contribution in [3.63, 3.8) is 0 Å². The number of hydrogen-bond acceptors (Lipinski definition) is 3. The number of ether oxygens (including phenoxy) is 1. The van der Waals surface area contributed by atoms with Gasteiger partial charge in [0.05, 0.1) is 13.7 Å². The van der Waals surface area contributed by atoms with Gasteiger partial charge in [0.15, 0.2) is 0 Å². The average molecular weight is 262 g/mol. The van der Waals surface area contributed by atoms with Gasteiger partial charge in [0.1, 0.15) is 5.92 Å². The van der Waals surface area contributed by atoms with Crippen LogP contribution in [0.3, 0.4) is 0 Å². The van der Waals surface area contributed by atoms with Crippen molar-refractivity contribution in [3.8, 4) is 0 Å². The molecule has 3 heteroatoms. The Hall–Kier alpha value is -1.35. The molecule has 1 aliphatic carbocycles. The Bertz CT molecular complexity index is 405. The number of hydrogen-bond donors (Lipinski definition) is 1. The molecule has 1 unspecified atom stereocenters. The predicted molar refractivity (Wildman–Crippen MR) is 74.1 cm³/mol. The maximum Gasteiger partial charge on any atom is 0.315 e. The minimum atomic E-state index is -0.564. The molecule has 0 spiro atoms. The molecule has 0 aromatic heterocycles. The molecule has 1 fully saturated rings. The number of benzene rings is 1. The fraction of sp³-hybridized carbons (Fsp3) is 0.562. The van der Waals surface area contributed by atoms with E-state index in [0.29, 0.717) is 5.92 Å². The number of esters is 1. The van der Waals surface area contributed by atoms with Crippen LogP contribution in [0, 0.1) is 0 Å². The zero-order valence-corrected chi connectivity index (χ0v) is 11.5. The van der Waals surface area contributed by atoms with Crippen LogP contribution in [0.5, 0.6) is 0 Å². The van der Waals surface area contributed by atoms with Crippen molar-refractivity contribution in [2.24, 2.45) is 0 Å². The zero-order valence-electron chi connectivity index (χ0n) is 11.5. The smallest absolute Gasteiger partial charge is 0.315 e. The van der Waals surface area contributed by atoms with E-state index in [0.717, 1.165) is 5.56 Å². The highest BCUT2D eigenvalue weighted by Gasteiger charge is 2.21. The van der Waals surface area contributed by atoms with Crippen molar-refractivity contribution >= 4 is 5.97 Å². The van der Waals surface area contributed by atoms with E-state index in [2.05, 4.69) is 12.1 Å². The SMILES string of the molecule is COC(=O)C(CO)c1ccc(C2CCCCC2)cc1. The lowest BCUT2D eigenvalue weighted by Crippen LogP contribution is -2.18. The number of aliphatic hydroxyl groups is 1. The van der Waals surface area contributed by atoms with Gasteiger partial charge in [-0.05, 0) is 29.9 Å². The van der Waals surface area contributed by atoms with Crippen molar-refractivity contribution in [2.45, 2.75) is 43.9 Å². The van der Waals surface area contributed by atoms with E-state index in [1.54, 1.807) is 0 Å². The number of carbonyl (C=O) groups excluding carboxylic acids is 1. The molecule has 0 amide bonds.